The van der Waals surface area contributed by atoms with Crippen LogP contribution in [0.5, 0.6) is 0 Å². The number of nitrogens with zero attached hydrogens (tertiary/aromatic N) is 2. The van der Waals surface area contributed by atoms with Gasteiger partial charge in [0, 0.05) is 26.7 Å². The number of rotatable bonds is 5. The predicted octanol–water partition coefficient (Wildman–Crippen LogP) is 0.613. The minimum absolute atomic E-state index is 0.0601. The Kier molecular flexibility index (Phi) is 5.78. The standard InChI is InChI=1S/C16H25N3O3S/c1-4-13-5-7-14(8-6-13)15-11-17-9-10-19(15)16(20)12-18(2)23(3,21)22/h5-8,15,17H,4,9-12H2,1-3H3. The van der Waals surface area contributed by atoms with Crippen molar-refractivity contribution in [2.24, 2.45) is 0 Å². The fourth-order valence-corrected chi connectivity index (χ4v) is 3.02. The Morgan fingerprint density at radius 2 is 2.00 bits per heavy atom. The molecule has 1 N–H and O–H groups in total. The highest BCUT2D eigenvalue weighted by molar-refractivity contribution is 7.88. The number of carbonyl (C=O) groups is 1. The van der Waals surface area contributed by atoms with Crippen LogP contribution in [0.2, 0.25) is 0 Å². The van der Waals surface area contributed by atoms with Crippen LogP contribution in [0.15, 0.2) is 24.3 Å². The molecule has 0 aromatic heterocycles. The van der Waals surface area contributed by atoms with E-state index in [4.69, 9.17) is 0 Å². The van der Waals surface area contributed by atoms with Crippen molar-refractivity contribution in [1.29, 1.82) is 0 Å². The first-order valence-corrected chi connectivity index (χ1v) is 9.68. The molecule has 1 fully saturated rings. The summed E-state index contributed by atoms with van der Waals surface area (Å²) in [6, 6.07) is 8.20. The SMILES string of the molecule is CCc1ccc(C2CNCCN2C(=O)CN(C)S(C)(=O)=O)cc1. The molecule has 1 unspecified atom stereocenters. The molecule has 1 aliphatic rings. The number of benzene rings is 1. The number of hydrogen-bond donors (Lipinski definition) is 1. The molecule has 1 amide bonds. The maximum Gasteiger partial charge on any atom is 0.238 e. The zero-order valence-electron chi connectivity index (χ0n) is 13.9. The van der Waals surface area contributed by atoms with Crippen molar-refractivity contribution < 1.29 is 13.2 Å². The lowest BCUT2D eigenvalue weighted by atomic mass is 10.0. The molecule has 7 heteroatoms. The van der Waals surface area contributed by atoms with Crippen molar-refractivity contribution in [2.75, 3.05) is 39.5 Å². The summed E-state index contributed by atoms with van der Waals surface area (Å²) in [4.78, 5) is 14.3. The smallest absolute Gasteiger partial charge is 0.238 e. The Morgan fingerprint density at radius 3 is 2.57 bits per heavy atom. The Hall–Kier alpha value is -1.44. The quantitative estimate of drug-likeness (QED) is 0.853. The Balaban J connectivity index is 2.15. The van der Waals surface area contributed by atoms with Gasteiger partial charge in [0.25, 0.3) is 0 Å². The van der Waals surface area contributed by atoms with Gasteiger partial charge in [-0.2, -0.15) is 4.31 Å². The van der Waals surface area contributed by atoms with Gasteiger partial charge in [-0.15, -0.1) is 0 Å². The number of piperazine rings is 1. The zero-order valence-corrected chi connectivity index (χ0v) is 14.8. The van der Waals surface area contributed by atoms with Gasteiger partial charge in [-0.25, -0.2) is 8.42 Å². The molecule has 0 radical (unpaired) electrons. The second kappa shape index (κ2) is 7.42. The minimum atomic E-state index is -3.36. The lowest BCUT2D eigenvalue weighted by Crippen LogP contribution is -2.51. The number of hydrogen-bond acceptors (Lipinski definition) is 4. The first kappa shape index (κ1) is 17.9. The fourth-order valence-electron chi connectivity index (χ4n) is 2.67. The molecule has 1 aromatic carbocycles. The predicted molar refractivity (Wildman–Crippen MR) is 90.6 cm³/mol. The lowest BCUT2D eigenvalue weighted by Gasteiger charge is -2.37. The van der Waals surface area contributed by atoms with Gasteiger partial charge in [-0.1, -0.05) is 31.2 Å². The van der Waals surface area contributed by atoms with Gasteiger partial charge in [-0.3, -0.25) is 4.79 Å². The number of sulfonamides is 1. The summed E-state index contributed by atoms with van der Waals surface area (Å²) >= 11 is 0. The average molecular weight is 339 g/mol. The number of carbonyl (C=O) groups excluding carboxylic acids is 1. The van der Waals surface area contributed by atoms with Crippen LogP contribution in [0.3, 0.4) is 0 Å². The summed E-state index contributed by atoms with van der Waals surface area (Å²) in [5.74, 6) is -0.163. The molecule has 1 saturated heterocycles. The largest absolute Gasteiger partial charge is 0.332 e. The van der Waals surface area contributed by atoms with E-state index in [-0.39, 0.29) is 18.5 Å². The maximum atomic E-state index is 12.6. The molecule has 1 aliphatic heterocycles. The van der Waals surface area contributed by atoms with Gasteiger partial charge < -0.3 is 10.2 Å². The number of amides is 1. The summed E-state index contributed by atoms with van der Waals surface area (Å²) in [5.41, 5.74) is 2.33. The van der Waals surface area contributed by atoms with Crippen molar-refractivity contribution in [1.82, 2.24) is 14.5 Å². The van der Waals surface area contributed by atoms with Crippen LogP contribution in [-0.4, -0.2) is 63.0 Å². The molecule has 0 saturated carbocycles. The van der Waals surface area contributed by atoms with Crippen molar-refractivity contribution in [3.05, 3.63) is 35.4 Å². The molecule has 1 aromatic rings. The van der Waals surface area contributed by atoms with Crippen LogP contribution in [0.4, 0.5) is 0 Å². The highest BCUT2D eigenvalue weighted by Crippen LogP contribution is 2.23. The van der Waals surface area contributed by atoms with Gasteiger partial charge in [0.15, 0.2) is 0 Å². The van der Waals surface area contributed by atoms with Crippen LogP contribution in [-0.2, 0) is 21.2 Å². The van der Waals surface area contributed by atoms with Crippen molar-refractivity contribution in [3.8, 4) is 0 Å². The normalized spacial score (nSPS) is 19.1. The second-order valence-electron chi connectivity index (χ2n) is 5.92. The first-order valence-electron chi connectivity index (χ1n) is 7.83. The van der Waals surface area contributed by atoms with Gasteiger partial charge in [-0.05, 0) is 17.5 Å². The lowest BCUT2D eigenvalue weighted by molar-refractivity contribution is -0.134. The summed E-state index contributed by atoms with van der Waals surface area (Å²) in [6.45, 7) is 3.96. The van der Waals surface area contributed by atoms with Gasteiger partial charge >= 0.3 is 0 Å². The molecule has 6 nitrogen and oxygen atoms in total. The topological polar surface area (TPSA) is 69.7 Å². The zero-order chi connectivity index (χ0) is 17.0. The van der Waals surface area contributed by atoms with Crippen molar-refractivity contribution in [3.63, 3.8) is 0 Å². The van der Waals surface area contributed by atoms with Crippen LogP contribution < -0.4 is 5.32 Å². The highest BCUT2D eigenvalue weighted by Gasteiger charge is 2.29. The average Bonchev–Trinajstić information content (AvgIpc) is 2.54. The third-order valence-corrected chi connectivity index (χ3v) is 5.52. The molecule has 128 valence electrons. The number of aryl methyl sites for hydroxylation is 1. The number of nitrogens with one attached hydrogen (secondary N) is 1. The molecule has 1 atom stereocenters. The van der Waals surface area contributed by atoms with Crippen LogP contribution in [0, 0.1) is 0 Å². The molecule has 0 bridgehead atoms. The summed E-state index contributed by atoms with van der Waals surface area (Å²) < 4.78 is 24.1. The third kappa shape index (κ3) is 4.53. The molecular weight excluding hydrogens is 314 g/mol. The molecular formula is C16H25N3O3S. The first-order chi connectivity index (χ1) is 10.8. The molecule has 1 heterocycles. The van der Waals surface area contributed by atoms with E-state index < -0.39 is 10.0 Å². The number of likely N-dealkylation sites (N-methyl/N-ethyl adjacent to an activating group) is 1. The van der Waals surface area contributed by atoms with E-state index in [0.717, 1.165) is 29.1 Å². The highest BCUT2D eigenvalue weighted by atomic mass is 32.2. The second-order valence-corrected chi connectivity index (χ2v) is 8.01. The van der Waals surface area contributed by atoms with Crippen molar-refractivity contribution in [2.45, 2.75) is 19.4 Å². The minimum Gasteiger partial charge on any atom is -0.332 e. The van der Waals surface area contributed by atoms with Gasteiger partial charge in [0.2, 0.25) is 15.9 Å². The monoisotopic (exact) mass is 339 g/mol. The van der Waals surface area contributed by atoms with E-state index in [2.05, 4.69) is 36.5 Å². The molecule has 23 heavy (non-hydrogen) atoms. The summed E-state index contributed by atoms with van der Waals surface area (Å²) in [5, 5.41) is 3.30. The molecule has 2 rings (SSSR count). The van der Waals surface area contributed by atoms with Crippen molar-refractivity contribution >= 4 is 15.9 Å². The van der Waals surface area contributed by atoms with E-state index in [1.165, 1.54) is 12.6 Å². The van der Waals surface area contributed by atoms with E-state index in [0.29, 0.717) is 13.1 Å². The Bertz CT molecular complexity index is 643. The van der Waals surface area contributed by atoms with E-state index >= 15 is 0 Å². The third-order valence-electron chi connectivity index (χ3n) is 4.26. The van der Waals surface area contributed by atoms with E-state index in [1.807, 2.05) is 0 Å². The van der Waals surface area contributed by atoms with E-state index in [1.54, 1.807) is 4.90 Å². The van der Waals surface area contributed by atoms with Crippen LogP contribution in [0.25, 0.3) is 0 Å². The molecule has 0 aliphatic carbocycles. The van der Waals surface area contributed by atoms with Gasteiger partial charge in [0.05, 0.1) is 18.8 Å². The fraction of sp³-hybridized carbons (Fsp3) is 0.562. The maximum absolute atomic E-state index is 12.6. The Morgan fingerprint density at radius 1 is 1.35 bits per heavy atom. The van der Waals surface area contributed by atoms with Crippen LogP contribution >= 0.6 is 0 Å². The van der Waals surface area contributed by atoms with E-state index in [9.17, 15) is 13.2 Å². The van der Waals surface area contributed by atoms with Gasteiger partial charge in [0.1, 0.15) is 0 Å². The molecule has 0 spiro atoms. The van der Waals surface area contributed by atoms with Crippen LogP contribution in [0.1, 0.15) is 24.1 Å². The Labute approximate surface area is 138 Å². The summed E-state index contributed by atoms with van der Waals surface area (Å²) in [6.07, 6.45) is 2.09. The summed E-state index contributed by atoms with van der Waals surface area (Å²) in [7, 11) is -1.93.